The molecule has 2 aliphatic heterocycles. The van der Waals surface area contributed by atoms with Crippen LogP contribution in [0.4, 0.5) is 0 Å². The summed E-state index contributed by atoms with van der Waals surface area (Å²) in [6, 6.07) is 0. The Balaban J connectivity index is 1.85. The summed E-state index contributed by atoms with van der Waals surface area (Å²) in [7, 11) is 0. The number of morpholine rings is 1. The quantitative estimate of drug-likeness (QED) is 0.345. The Kier molecular flexibility index (Phi) is 5.77. The number of hydrogen-bond donors (Lipinski definition) is 2. The van der Waals surface area contributed by atoms with Crippen LogP contribution in [0.1, 0.15) is 6.92 Å². The summed E-state index contributed by atoms with van der Waals surface area (Å²) in [5.41, 5.74) is 0. The van der Waals surface area contributed by atoms with Gasteiger partial charge in [-0.05, 0) is 19.1 Å². The van der Waals surface area contributed by atoms with E-state index in [-0.39, 0.29) is 11.0 Å². The molecule has 7 nitrogen and oxygen atoms in total. The fraction of sp³-hybridized carbons (Fsp3) is 0.692. The smallest absolute Gasteiger partial charge is 0.246 e. The minimum absolute atomic E-state index is 0.176. The third-order valence-electron chi connectivity index (χ3n) is 3.65. The predicted octanol–water partition coefficient (Wildman–Crippen LogP) is -2.15. The molecule has 0 radical (unpaired) electrons. The van der Waals surface area contributed by atoms with Crippen molar-refractivity contribution in [2.24, 2.45) is 10.9 Å². The van der Waals surface area contributed by atoms with Gasteiger partial charge in [0.25, 0.3) is 0 Å². The highest BCUT2D eigenvalue weighted by atomic mass is 32.1. The zero-order chi connectivity index (χ0) is 15.2. The maximum absolute atomic E-state index is 12.1. The number of nitrogens with zero attached hydrogens (tertiary/aromatic N) is 2. The van der Waals surface area contributed by atoms with Gasteiger partial charge in [-0.15, -0.1) is 0 Å². The van der Waals surface area contributed by atoms with Crippen molar-refractivity contribution < 1.29 is 19.2 Å². The van der Waals surface area contributed by atoms with Crippen LogP contribution in [-0.2, 0) is 14.3 Å². The van der Waals surface area contributed by atoms with Gasteiger partial charge in [-0.25, -0.2) is 0 Å². The van der Waals surface area contributed by atoms with E-state index < -0.39 is 11.8 Å². The van der Waals surface area contributed by atoms with Crippen molar-refractivity contribution in [2.45, 2.75) is 6.92 Å². The van der Waals surface area contributed by atoms with E-state index in [1.54, 1.807) is 0 Å². The number of amides is 2. The predicted molar refractivity (Wildman–Crippen MR) is 81.4 cm³/mol. The molecule has 0 aliphatic carbocycles. The molecule has 2 rings (SSSR count). The molecule has 0 aromatic heterocycles. The van der Waals surface area contributed by atoms with Crippen molar-refractivity contribution in [1.29, 1.82) is 0 Å². The third kappa shape index (κ3) is 4.05. The van der Waals surface area contributed by atoms with Gasteiger partial charge in [0.2, 0.25) is 11.8 Å². The first kappa shape index (κ1) is 16.0. The van der Waals surface area contributed by atoms with Crippen LogP contribution in [0.25, 0.3) is 0 Å². The average Bonchev–Trinajstić information content (AvgIpc) is 2.47. The topological polar surface area (TPSA) is 75.4 Å². The van der Waals surface area contributed by atoms with Gasteiger partial charge < -0.3 is 15.0 Å². The number of ether oxygens (including phenoxy) is 1. The first-order valence-electron chi connectivity index (χ1n) is 7.21. The molecule has 2 N–H and O–H groups in total. The number of carbonyl (C=O) groups excluding carboxylic acids is 2. The van der Waals surface area contributed by atoms with Crippen LogP contribution in [0, 0.1) is 5.92 Å². The van der Waals surface area contributed by atoms with Crippen LogP contribution in [0.15, 0.2) is 4.99 Å². The second-order valence-electron chi connectivity index (χ2n) is 5.02. The first-order valence-corrected chi connectivity index (χ1v) is 7.61. The fourth-order valence-electron chi connectivity index (χ4n) is 2.37. The van der Waals surface area contributed by atoms with Gasteiger partial charge in [0.15, 0.2) is 11.0 Å². The molecule has 8 heteroatoms. The van der Waals surface area contributed by atoms with E-state index in [1.165, 1.54) is 16.0 Å². The highest BCUT2D eigenvalue weighted by Crippen LogP contribution is 2.08. The minimum Gasteiger partial charge on any atom is -0.370 e. The zero-order valence-electron chi connectivity index (χ0n) is 12.1. The molecule has 116 valence electrons. The standard InChI is InChI=1S/C13H20N4O3S/c1-2-17-12(19)10(11(18)15-13(17)21)9-14-3-4-16-5-7-20-8-6-16/h9-10H,2-8H2,1H3,(H,15,18,21)/p+1/t10-/m0/s1. The normalized spacial score (nSPS) is 24.7. The number of nitrogens with one attached hydrogen (secondary N) is 2. The molecule has 2 aliphatic rings. The molecule has 2 fully saturated rings. The second kappa shape index (κ2) is 7.58. The largest absolute Gasteiger partial charge is 0.370 e. The van der Waals surface area contributed by atoms with Crippen molar-refractivity contribution >= 4 is 35.4 Å². The first-order chi connectivity index (χ1) is 10.1. The zero-order valence-corrected chi connectivity index (χ0v) is 12.9. The third-order valence-corrected chi connectivity index (χ3v) is 3.98. The summed E-state index contributed by atoms with van der Waals surface area (Å²) < 4.78 is 5.29. The van der Waals surface area contributed by atoms with Gasteiger partial charge in [0.05, 0.1) is 26.3 Å². The lowest BCUT2D eigenvalue weighted by Gasteiger charge is -2.29. The van der Waals surface area contributed by atoms with Gasteiger partial charge in [-0.2, -0.15) is 0 Å². The van der Waals surface area contributed by atoms with Crippen molar-refractivity contribution in [2.75, 3.05) is 45.9 Å². The summed E-state index contributed by atoms with van der Waals surface area (Å²) in [6.07, 6.45) is 1.45. The highest BCUT2D eigenvalue weighted by molar-refractivity contribution is 7.80. The number of aliphatic imine (C=N–C) groups is 1. The van der Waals surface area contributed by atoms with Crippen molar-refractivity contribution in [1.82, 2.24) is 10.2 Å². The second-order valence-corrected chi connectivity index (χ2v) is 5.41. The van der Waals surface area contributed by atoms with Gasteiger partial charge in [0.1, 0.15) is 13.1 Å². The molecule has 2 saturated heterocycles. The van der Waals surface area contributed by atoms with Crippen molar-refractivity contribution in [3.63, 3.8) is 0 Å². The van der Waals surface area contributed by atoms with E-state index >= 15 is 0 Å². The Bertz CT molecular complexity index is 449. The van der Waals surface area contributed by atoms with E-state index in [9.17, 15) is 9.59 Å². The molecule has 2 heterocycles. The SMILES string of the molecule is CCN1C(=O)[C@@H](C=NCC[NH+]2CCOCC2)C(=O)NC1=S. The number of thiocarbonyl (C=S) groups is 1. The summed E-state index contributed by atoms with van der Waals surface area (Å²) in [4.78, 5) is 31.0. The number of hydrogen-bond acceptors (Lipinski definition) is 5. The molecule has 0 aromatic rings. The summed E-state index contributed by atoms with van der Waals surface area (Å²) in [5, 5.41) is 2.71. The van der Waals surface area contributed by atoms with Gasteiger partial charge in [0, 0.05) is 12.8 Å². The lowest BCUT2D eigenvalue weighted by Crippen LogP contribution is -3.14. The van der Waals surface area contributed by atoms with E-state index in [0.29, 0.717) is 13.1 Å². The molecule has 0 saturated carbocycles. The van der Waals surface area contributed by atoms with Gasteiger partial charge in [-0.3, -0.25) is 19.5 Å². The summed E-state index contributed by atoms with van der Waals surface area (Å²) in [6.45, 7) is 7.28. The average molecular weight is 313 g/mol. The summed E-state index contributed by atoms with van der Waals surface area (Å²) in [5.74, 6) is -1.55. The molecule has 21 heavy (non-hydrogen) atoms. The Morgan fingerprint density at radius 3 is 2.86 bits per heavy atom. The lowest BCUT2D eigenvalue weighted by atomic mass is 10.1. The molecular formula is C13H21N4O3S+. The molecule has 0 aromatic carbocycles. The Morgan fingerprint density at radius 2 is 2.19 bits per heavy atom. The fourth-order valence-corrected chi connectivity index (χ4v) is 2.69. The summed E-state index contributed by atoms with van der Waals surface area (Å²) >= 11 is 4.97. The molecule has 0 bridgehead atoms. The number of quaternary nitrogens is 1. The molecular weight excluding hydrogens is 292 g/mol. The van der Waals surface area contributed by atoms with Crippen LogP contribution >= 0.6 is 12.2 Å². The molecule has 0 unspecified atom stereocenters. The number of carbonyl (C=O) groups is 2. The molecule has 1 atom stereocenters. The Hall–Kier alpha value is -1.38. The molecule has 2 amide bonds. The van der Waals surface area contributed by atoms with Crippen LogP contribution in [0.2, 0.25) is 0 Å². The van der Waals surface area contributed by atoms with Crippen molar-refractivity contribution in [3.8, 4) is 0 Å². The van der Waals surface area contributed by atoms with Crippen LogP contribution in [0.3, 0.4) is 0 Å². The van der Waals surface area contributed by atoms with Crippen molar-refractivity contribution in [3.05, 3.63) is 0 Å². The Labute approximate surface area is 129 Å². The van der Waals surface area contributed by atoms with Gasteiger partial charge >= 0.3 is 0 Å². The highest BCUT2D eigenvalue weighted by Gasteiger charge is 2.36. The van der Waals surface area contributed by atoms with E-state index in [2.05, 4.69) is 10.3 Å². The van der Waals surface area contributed by atoms with E-state index in [0.717, 1.165) is 32.8 Å². The Morgan fingerprint density at radius 1 is 1.48 bits per heavy atom. The lowest BCUT2D eigenvalue weighted by molar-refractivity contribution is -0.906. The maximum Gasteiger partial charge on any atom is 0.246 e. The van der Waals surface area contributed by atoms with Crippen LogP contribution < -0.4 is 10.2 Å². The minimum atomic E-state index is -0.865. The van der Waals surface area contributed by atoms with Gasteiger partial charge in [-0.1, -0.05) is 0 Å². The van der Waals surface area contributed by atoms with Crippen LogP contribution in [-0.4, -0.2) is 74.0 Å². The number of rotatable bonds is 5. The van der Waals surface area contributed by atoms with E-state index in [4.69, 9.17) is 17.0 Å². The molecule has 0 spiro atoms. The van der Waals surface area contributed by atoms with E-state index in [1.807, 2.05) is 6.92 Å². The van der Waals surface area contributed by atoms with Crippen LogP contribution in [0.5, 0.6) is 0 Å². The monoisotopic (exact) mass is 313 g/mol. The maximum atomic E-state index is 12.1.